The Kier molecular flexibility index (Phi) is 5.29. The number of aryl methyl sites for hydroxylation is 3. The van der Waals surface area contributed by atoms with Crippen LogP contribution in [0.1, 0.15) is 52.1 Å². The van der Waals surface area contributed by atoms with Crippen LogP contribution in [0.15, 0.2) is 57.8 Å². The van der Waals surface area contributed by atoms with E-state index in [1.54, 1.807) is 0 Å². The van der Waals surface area contributed by atoms with Gasteiger partial charge in [-0.1, -0.05) is 48.5 Å². The Morgan fingerprint density at radius 1 is 1.08 bits per heavy atom. The molecule has 8 nitrogen and oxygen atoms in total. The van der Waals surface area contributed by atoms with E-state index in [4.69, 9.17) is 19.2 Å². The predicted octanol–water partition coefficient (Wildman–Crippen LogP) is 4.82. The lowest BCUT2D eigenvalue weighted by molar-refractivity contribution is 0.307. The number of imidazole rings is 1. The first-order chi connectivity index (χ1) is 17.5. The molecule has 0 atom stereocenters. The van der Waals surface area contributed by atoms with E-state index in [0.29, 0.717) is 19.0 Å². The predicted molar refractivity (Wildman–Crippen MR) is 137 cm³/mol. The summed E-state index contributed by atoms with van der Waals surface area (Å²) in [5, 5.41) is 3.84. The normalized spacial score (nSPS) is 13.9. The summed E-state index contributed by atoms with van der Waals surface area (Å²) in [7, 11) is 0. The second-order valence-electron chi connectivity index (χ2n) is 9.04. The maximum atomic E-state index is 11.5. The van der Waals surface area contributed by atoms with Crippen molar-refractivity contribution < 1.29 is 9.26 Å². The number of hydrogen-bond donors (Lipinski definition) is 1. The van der Waals surface area contributed by atoms with Gasteiger partial charge in [0, 0.05) is 17.7 Å². The molecule has 5 aromatic rings. The number of nitrogens with one attached hydrogen (secondary N) is 1. The van der Waals surface area contributed by atoms with Crippen molar-refractivity contribution >= 4 is 22.8 Å². The fourth-order valence-corrected chi connectivity index (χ4v) is 4.88. The van der Waals surface area contributed by atoms with Gasteiger partial charge in [-0.25, -0.2) is 14.8 Å². The molecule has 1 aliphatic heterocycles. The highest BCUT2D eigenvalue weighted by Gasteiger charge is 2.21. The molecule has 1 aliphatic rings. The van der Waals surface area contributed by atoms with E-state index in [1.807, 2.05) is 37.3 Å². The van der Waals surface area contributed by atoms with Crippen LogP contribution in [-0.2, 0) is 19.6 Å². The standard InChI is InChI=1S/C28H25N5O3/c1-4-25-31-26-16(2)11-17(3)29-27(26)33(25)14-18-9-10-21-22(13-24-30-28(34)36-32-24)20-8-6-5-7-19(20)15-35-23(21)12-18/h5-13H,4,14-15H2,1-3H3,(H,30,32,34)/b22-13+. The van der Waals surface area contributed by atoms with Crippen molar-refractivity contribution in [3.05, 3.63) is 104 Å². The number of pyridine rings is 1. The average Bonchev–Trinajstić information content (AvgIpc) is 3.40. The van der Waals surface area contributed by atoms with Gasteiger partial charge in [0.25, 0.3) is 0 Å². The van der Waals surface area contributed by atoms with Crippen molar-refractivity contribution in [1.29, 1.82) is 0 Å². The number of nitrogens with zero attached hydrogens (tertiary/aromatic N) is 4. The van der Waals surface area contributed by atoms with Crippen molar-refractivity contribution in [2.24, 2.45) is 0 Å². The molecule has 8 heteroatoms. The molecule has 0 aliphatic carbocycles. The lowest BCUT2D eigenvalue weighted by Crippen LogP contribution is -2.06. The average molecular weight is 480 g/mol. The Balaban J connectivity index is 1.46. The maximum Gasteiger partial charge on any atom is 0.439 e. The lowest BCUT2D eigenvalue weighted by Gasteiger charge is -2.13. The molecule has 0 saturated carbocycles. The quantitative estimate of drug-likeness (QED) is 0.397. The van der Waals surface area contributed by atoms with E-state index in [9.17, 15) is 4.79 Å². The zero-order chi connectivity index (χ0) is 24.8. The van der Waals surface area contributed by atoms with Gasteiger partial charge in [0.1, 0.15) is 23.7 Å². The molecule has 2 aromatic carbocycles. The van der Waals surface area contributed by atoms with E-state index in [1.165, 1.54) is 0 Å². The van der Waals surface area contributed by atoms with Crippen molar-refractivity contribution in [2.45, 2.75) is 40.3 Å². The van der Waals surface area contributed by atoms with Gasteiger partial charge in [-0.05, 0) is 59.9 Å². The molecule has 3 aromatic heterocycles. The van der Waals surface area contributed by atoms with Crippen molar-refractivity contribution in [1.82, 2.24) is 24.7 Å². The van der Waals surface area contributed by atoms with Crippen LogP contribution in [0.4, 0.5) is 0 Å². The van der Waals surface area contributed by atoms with Crippen LogP contribution < -0.4 is 10.5 Å². The molecule has 0 unspecified atom stereocenters. The highest BCUT2D eigenvalue weighted by molar-refractivity contribution is 5.93. The van der Waals surface area contributed by atoms with Gasteiger partial charge in [-0.15, -0.1) is 0 Å². The number of aromatic amines is 1. The summed E-state index contributed by atoms with van der Waals surface area (Å²) in [5.41, 5.74) is 8.96. The number of H-pyrrole nitrogens is 1. The van der Waals surface area contributed by atoms with Crippen molar-refractivity contribution in [3.63, 3.8) is 0 Å². The molecule has 0 fully saturated rings. The number of aromatic nitrogens is 5. The summed E-state index contributed by atoms with van der Waals surface area (Å²) in [6, 6.07) is 16.4. The maximum absolute atomic E-state index is 11.5. The minimum absolute atomic E-state index is 0.357. The third kappa shape index (κ3) is 3.80. The summed E-state index contributed by atoms with van der Waals surface area (Å²) in [6.07, 6.45) is 2.64. The SMILES string of the molecule is CCc1nc2c(C)cc(C)nc2n1Cc1ccc2c(c1)OCc1ccccc1/C2=C\c1noc(=O)[nH]1. The lowest BCUT2D eigenvalue weighted by atomic mass is 9.93. The van der Waals surface area contributed by atoms with Crippen LogP contribution in [0.3, 0.4) is 0 Å². The summed E-state index contributed by atoms with van der Waals surface area (Å²) >= 11 is 0. The van der Waals surface area contributed by atoms with E-state index in [2.05, 4.69) is 52.8 Å². The second kappa shape index (κ2) is 8.64. The van der Waals surface area contributed by atoms with Crippen LogP contribution in [0.2, 0.25) is 0 Å². The van der Waals surface area contributed by atoms with Gasteiger partial charge in [0.15, 0.2) is 11.5 Å². The number of ether oxygens (including phenoxy) is 1. The molecule has 1 N–H and O–H groups in total. The fourth-order valence-electron chi connectivity index (χ4n) is 4.88. The summed E-state index contributed by atoms with van der Waals surface area (Å²) in [4.78, 5) is 23.8. The third-order valence-corrected chi connectivity index (χ3v) is 6.52. The Hall–Kier alpha value is -4.46. The Bertz CT molecular complexity index is 1710. The zero-order valence-corrected chi connectivity index (χ0v) is 20.3. The molecule has 0 radical (unpaired) electrons. The molecule has 0 bridgehead atoms. The van der Waals surface area contributed by atoms with Crippen LogP contribution in [0.25, 0.3) is 22.8 Å². The van der Waals surface area contributed by atoms with Gasteiger partial charge in [0.05, 0.1) is 6.54 Å². The molecule has 0 saturated heterocycles. The summed E-state index contributed by atoms with van der Waals surface area (Å²) in [6.45, 7) is 7.28. The first-order valence-corrected chi connectivity index (χ1v) is 12.0. The highest BCUT2D eigenvalue weighted by atomic mass is 16.5. The summed E-state index contributed by atoms with van der Waals surface area (Å²) in [5.74, 6) is 1.54. The fraction of sp³-hybridized carbons (Fsp3) is 0.214. The second-order valence-corrected chi connectivity index (χ2v) is 9.04. The molecule has 0 amide bonds. The minimum Gasteiger partial charge on any atom is -0.488 e. The minimum atomic E-state index is -0.589. The van der Waals surface area contributed by atoms with E-state index >= 15 is 0 Å². The van der Waals surface area contributed by atoms with Crippen molar-refractivity contribution in [2.75, 3.05) is 0 Å². The van der Waals surface area contributed by atoms with Crippen LogP contribution in [-0.4, -0.2) is 24.7 Å². The molecule has 36 heavy (non-hydrogen) atoms. The molecule has 4 heterocycles. The summed E-state index contributed by atoms with van der Waals surface area (Å²) < 4.78 is 13.2. The Morgan fingerprint density at radius 3 is 2.75 bits per heavy atom. The van der Waals surface area contributed by atoms with E-state index in [-0.39, 0.29) is 0 Å². The highest BCUT2D eigenvalue weighted by Crippen LogP contribution is 2.38. The van der Waals surface area contributed by atoms with Crippen LogP contribution >= 0.6 is 0 Å². The van der Waals surface area contributed by atoms with Crippen LogP contribution in [0, 0.1) is 13.8 Å². The Labute approximate surface area is 207 Å². The smallest absolute Gasteiger partial charge is 0.439 e. The number of fused-ring (bicyclic) bond motifs is 3. The van der Waals surface area contributed by atoms with Gasteiger partial charge < -0.3 is 9.30 Å². The van der Waals surface area contributed by atoms with Gasteiger partial charge in [0.2, 0.25) is 0 Å². The van der Waals surface area contributed by atoms with Crippen molar-refractivity contribution in [3.8, 4) is 5.75 Å². The molecular formula is C28H25N5O3. The topological polar surface area (TPSA) is 98.8 Å². The number of rotatable bonds is 4. The van der Waals surface area contributed by atoms with E-state index in [0.717, 1.165) is 68.2 Å². The van der Waals surface area contributed by atoms with E-state index < -0.39 is 5.76 Å². The first kappa shape index (κ1) is 22.0. The number of hydrogen-bond acceptors (Lipinski definition) is 6. The molecule has 180 valence electrons. The monoisotopic (exact) mass is 479 g/mol. The van der Waals surface area contributed by atoms with Gasteiger partial charge in [-0.2, -0.15) is 0 Å². The number of benzene rings is 2. The van der Waals surface area contributed by atoms with Gasteiger partial charge in [-0.3, -0.25) is 9.51 Å². The molecular weight excluding hydrogens is 454 g/mol. The largest absolute Gasteiger partial charge is 0.488 e. The van der Waals surface area contributed by atoms with Crippen LogP contribution in [0.5, 0.6) is 5.75 Å². The molecule has 6 rings (SSSR count). The van der Waals surface area contributed by atoms with Gasteiger partial charge >= 0.3 is 5.76 Å². The first-order valence-electron chi connectivity index (χ1n) is 12.0. The molecule has 0 spiro atoms. The third-order valence-electron chi connectivity index (χ3n) is 6.52. The zero-order valence-electron chi connectivity index (χ0n) is 20.3. The Morgan fingerprint density at radius 2 is 1.94 bits per heavy atom.